The van der Waals surface area contributed by atoms with Crippen molar-refractivity contribution in [2.45, 2.75) is 19.4 Å². The van der Waals surface area contributed by atoms with Crippen molar-refractivity contribution >= 4 is 29.0 Å². The molecule has 28 heavy (non-hydrogen) atoms. The number of likely N-dealkylation sites (N-methyl/N-ethyl adjacent to an activating group) is 1. The Morgan fingerprint density at radius 1 is 0.929 bits per heavy atom. The van der Waals surface area contributed by atoms with Gasteiger partial charge in [-0.2, -0.15) is 0 Å². The van der Waals surface area contributed by atoms with E-state index in [0.29, 0.717) is 10.6 Å². The third-order valence-corrected chi connectivity index (χ3v) is 5.24. The van der Waals surface area contributed by atoms with Crippen LogP contribution in [0.5, 0.6) is 0 Å². The minimum absolute atomic E-state index is 0.0608. The molecule has 0 aliphatic carbocycles. The number of carbonyl (C=O) groups is 2. The van der Waals surface area contributed by atoms with Crippen LogP contribution in [0.1, 0.15) is 28.8 Å². The molecule has 1 saturated heterocycles. The number of Topliss-reactive ketones (excluding diaryl/α,β-unsaturated/α-hetero) is 1. The van der Waals surface area contributed by atoms with E-state index in [1.807, 2.05) is 24.3 Å². The van der Waals surface area contributed by atoms with Gasteiger partial charge in [-0.15, -0.1) is 0 Å². The number of amides is 1. The molecule has 1 amide bonds. The molecule has 6 heteroatoms. The Kier molecular flexibility index (Phi) is 7.20. The standard InChI is InChI=1S/C22H26ClN3O2/c1-25-12-14-26(15-13-25)16-17-2-8-20(9-3-17)24-22(28)11-10-21(27)18-4-6-19(23)7-5-18/h2-9H,10-16H2,1H3,(H,24,28). The molecule has 2 aromatic rings. The number of hydrogen-bond acceptors (Lipinski definition) is 4. The third kappa shape index (κ3) is 6.16. The molecule has 1 aliphatic heterocycles. The molecule has 1 aliphatic rings. The summed E-state index contributed by atoms with van der Waals surface area (Å²) in [5, 5.41) is 3.45. The van der Waals surface area contributed by atoms with Gasteiger partial charge >= 0.3 is 0 Å². The molecule has 0 saturated carbocycles. The first-order chi connectivity index (χ1) is 13.5. The highest BCUT2D eigenvalue weighted by Gasteiger charge is 2.14. The number of nitrogens with one attached hydrogen (secondary N) is 1. The highest BCUT2D eigenvalue weighted by atomic mass is 35.5. The van der Waals surface area contributed by atoms with Gasteiger partial charge in [-0.3, -0.25) is 14.5 Å². The van der Waals surface area contributed by atoms with Crippen LogP contribution in [-0.4, -0.2) is 54.7 Å². The van der Waals surface area contributed by atoms with Crippen LogP contribution in [0.4, 0.5) is 5.69 Å². The minimum Gasteiger partial charge on any atom is -0.326 e. The second-order valence-electron chi connectivity index (χ2n) is 7.25. The van der Waals surface area contributed by atoms with Crippen LogP contribution in [0.3, 0.4) is 0 Å². The van der Waals surface area contributed by atoms with Gasteiger partial charge in [0.1, 0.15) is 0 Å². The van der Waals surface area contributed by atoms with Crippen LogP contribution < -0.4 is 5.32 Å². The van der Waals surface area contributed by atoms with Crippen molar-refractivity contribution in [2.24, 2.45) is 0 Å². The second-order valence-corrected chi connectivity index (χ2v) is 7.69. The number of anilines is 1. The molecular weight excluding hydrogens is 374 g/mol. The van der Waals surface area contributed by atoms with E-state index in [4.69, 9.17) is 11.6 Å². The Labute approximate surface area is 171 Å². The van der Waals surface area contributed by atoms with Crippen molar-refractivity contribution in [1.29, 1.82) is 0 Å². The molecule has 2 aromatic carbocycles. The molecule has 1 heterocycles. The molecule has 0 radical (unpaired) electrons. The first kappa shape index (κ1) is 20.5. The molecule has 0 atom stereocenters. The zero-order valence-corrected chi connectivity index (χ0v) is 16.9. The van der Waals surface area contributed by atoms with E-state index in [2.05, 4.69) is 22.2 Å². The van der Waals surface area contributed by atoms with Gasteiger partial charge in [0.15, 0.2) is 5.78 Å². The second kappa shape index (κ2) is 9.82. The van der Waals surface area contributed by atoms with Gasteiger partial charge in [-0.25, -0.2) is 0 Å². The number of hydrogen-bond donors (Lipinski definition) is 1. The molecule has 5 nitrogen and oxygen atoms in total. The number of carbonyl (C=O) groups excluding carboxylic acids is 2. The lowest BCUT2D eigenvalue weighted by molar-refractivity contribution is -0.116. The molecule has 0 bridgehead atoms. The third-order valence-electron chi connectivity index (χ3n) is 4.99. The van der Waals surface area contributed by atoms with Crippen LogP contribution in [0.15, 0.2) is 48.5 Å². The number of ketones is 1. The van der Waals surface area contributed by atoms with E-state index < -0.39 is 0 Å². The van der Waals surface area contributed by atoms with Crippen molar-refractivity contribution in [3.8, 4) is 0 Å². The fourth-order valence-corrected chi connectivity index (χ4v) is 3.31. The van der Waals surface area contributed by atoms with Crippen molar-refractivity contribution in [2.75, 3.05) is 38.5 Å². The number of nitrogens with zero attached hydrogens (tertiary/aromatic N) is 2. The predicted octanol–water partition coefficient (Wildman–Crippen LogP) is 3.69. The van der Waals surface area contributed by atoms with E-state index in [1.54, 1.807) is 24.3 Å². The first-order valence-electron chi connectivity index (χ1n) is 9.58. The van der Waals surface area contributed by atoms with Gasteiger partial charge in [-0.05, 0) is 49.0 Å². The summed E-state index contributed by atoms with van der Waals surface area (Å²) < 4.78 is 0. The van der Waals surface area contributed by atoms with Crippen LogP contribution in [-0.2, 0) is 11.3 Å². The number of benzene rings is 2. The lowest BCUT2D eigenvalue weighted by Crippen LogP contribution is -2.43. The van der Waals surface area contributed by atoms with Gasteiger partial charge in [0.05, 0.1) is 0 Å². The van der Waals surface area contributed by atoms with Crippen LogP contribution in [0.25, 0.3) is 0 Å². The average Bonchev–Trinajstić information content (AvgIpc) is 2.70. The molecule has 3 rings (SSSR count). The number of halogens is 1. The van der Waals surface area contributed by atoms with Gasteiger partial charge in [0.25, 0.3) is 0 Å². The van der Waals surface area contributed by atoms with Crippen molar-refractivity contribution in [3.63, 3.8) is 0 Å². The summed E-state index contributed by atoms with van der Waals surface area (Å²) >= 11 is 5.83. The van der Waals surface area contributed by atoms with Crippen molar-refractivity contribution in [3.05, 3.63) is 64.7 Å². The Bertz CT molecular complexity index is 798. The first-order valence-corrected chi connectivity index (χ1v) is 9.96. The Balaban J connectivity index is 1.43. The quantitative estimate of drug-likeness (QED) is 0.721. The van der Waals surface area contributed by atoms with Gasteiger partial charge in [-0.1, -0.05) is 23.7 Å². The summed E-state index contributed by atoms with van der Waals surface area (Å²) in [4.78, 5) is 29.1. The number of piperazine rings is 1. The number of rotatable bonds is 7. The fraction of sp³-hybridized carbons (Fsp3) is 0.364. The smallest absolute Gasteiger partial charge is 0.224 e. The Morgan fingerprint density at radius 3 is 2.21 bits per heavy atom. The van der Waals surface area contributed by atoms with Gasteiger partial charge in [0.2, 0.25) is 5.91 Å². The fourth-order valence-electron chi connectivity index (χ4n) is 3.19. The van der Waals surface area contributed by atoms with Gasteiger partial charge < -0.3 is 10.2 Å². The van der Waals surface area contributed by atoms with Crippen LogP contribution in [0.2, 0.25) is 5.02 Å². The Morgan fingerprint density at radius 2 is 1.57 bits per heavy atom. The van der Waals surface area contributed by atoms with Gasteiger partial charge in [0, 0.05) is 61.8 Å². The lowest BCUT2D eigenvalue weighted by atomic mass is 10.1. The molecule has 1 fully saturated rings. The zero-order valence-electron chi connectivity index (χ0n) is 16.2. The lowest BCUT2D eigenvalue weighted by Gasteiger charge is -2.32. The summed E-state index contributed by atoms with van der Waals surface area (Å²) in [7, 11) is 2.15. The molecule has 0 spiro atoms. The zero-order chi connectivity index (χ0) is 19.9. The van der Waals surface area contributed by atoms with Crippen molar-refractivity contribution in [1.82, 2.24) is 9.80 Å². The van der Waals surface area contributed by atoms with E-state index >= 15 is 0 Å². The monoisotopic (exact) mass is 399 g/mol. The van der Waals surface area contributed by atoms with E-state index in [1.165, 1.54) is 5.56 Å². The van der Waals surface area contributed by atoms with Crippen LogP contribution in [0, 0.1) is 0 Å². The summed E-state index contributed by atoms with van der Waals surface area (Å²) in [6, 6.07) is 14.7. The van der Waals surface area contributed by atoms with Crippen molar-refractivity contribution < 1.29 is 9.59 Å². The molecule has 0 aromatic heterocycles. The predicted molar refractivity (Wildman–Crippen MR) is 113 cm³/mol. The maximum absolute atomic E-state index is 12.1. The topological polar surface area (TPSA) is 52.6 Å². The SMILES string of the molecule is CN1CCN(Cc2ccc(NC(=O)CCC(=O)c3ccc(Cl)cc3)cc2)CC1. The van der Waals surface area contributed by atoms with E-state index in [-0.39, 0.29) is 24.5 Å². The normalized spacial score (nSPS) is 15.4. The molecule has 148 valence electrons. The summed E-state index contributed by atoms with van der Waals surface area (Å²) in [5.74, 6) is -0.219. The minimum atomic E-state index is -0.158. The highest BCUT2D eigenvalue weighted by molar-refractivity contribution is 6.30. The maximum Gasteiger partial charge on any atom is 0.224 e. The van der Waals surface area contributed by atoms with E-state index in [0.717, 1.165) is 38.4 Å². The molecule has 0 unspecified atom stereocenters. The largest absolute Gasteiger partial charge is 0.326 e. The van der Waals surface area contributed by atoms with Crippen LogP contribution >= 0.6 is 11.6 Å². The summed E-state index contributed by atoms with van der Waals surface area (Å²) in [6.07, 6.45) is 0.333. The average molecular weight is 400 g/mol. The molecular formula is C22H26ClN3O2. The summed E-state index contributed by atoms with van der Waals surface area (Å²) in [6.45, 7) is 5.29. The highest BCUT2D eigenvalue weighted by Crippen LogP contribution is 2.15. The van der Waals surface area contributed by atoms with E-state index in [9.17, 15) is 9.59 Å². The Hall–Kier alpha value is -2.21. The molecule has 1 N–H and O–H groups in total. The summed E-state index contributed by atoms with van der Waals surface area (Å²) in [5.41, 5.74) is 2.57. The maximum atomic E-state index is 12.1.